The Morgan fingerprint density at radius 3 is 2.10 bits per heavy atom. The first-order valence-electron chi connectivity index (χ1n) is 10.8. The van der Waals surface area contributed by atoms with Crippen molar-refractivity contribution >= 4 is 16.9 Å². The summed E-state index contributed by atoms with van der Waals surface area (Å²) in [6.45, 7) is 4.29. The molecule has 1 aromatic heterocycles. The van der Waals surface area contributed by atoms with Crippen molar-refractivity contribution in [2.45, 2.75) is 25.5 Å². The second-order valence-electron chi connectivity index (χ2n) is 7.97. The van der Waals surface area contributed by atoms with Crippen molar-refractivity contribution in [1.29, 1.82) is 0 Å². The first-order chi connectivity index (χ1) is 15.1. The highest BCUT2D eigenvalue weighted by Crippen LogP contribution is 2.37. The highest BCUT2D eigenvalue weighted by atomic mass is 16.3. The number of aliphatic hydroxyl groups is 1. The van der Waals surface area contributed by atoms with E-state index in [9.17, 15) is 9.90 Å². The fourth-order valence-corrected chi connectivity index (χ4v) is 4.34. The molecule has 5 nitrogen and oxygen atoms in total. The van der Waals surface area contributed by atoms with Crippen LogP contribution < -0.4 is 0 Å². The van der Waals surface area contributed by atoms with Crippen molar-refractivity contribution in [3.8, 4) is 0 Å². The number of aromatic nitrogens is 2. The van der Waals surface area contributed by atoms with Crippen LogP contribution >= 0.6 is 0 Å². The van der Waals surface area contributed by atoms with Gasteiger partial charge >= 0.3 is 0 Å². The number of hydrogen-bond acceptors (Lipinski definition) is 3. The van der Waals surface area contributed by atoms with E-state index in [0.717, 1.165) is 41.7 Å². The molecule has 0 bridgehead atoms. The molecule has 1 fully saturated rings. The maximum atomic E-state index is 12.8. The van der Waals surface area contributed by atoms with Crippen LogP contribution in [-0.2, 0) is 12.1 Å². The third kappa shape index (κ3) is 3.13. The Kier molecular flexibility index (Phi) is 4.83. The van der Waals surface area contributed by atoms with Gasteiger partial charge in [-0.2, -0.15) is 0 Å². The van der Waals surface area contributed by atoms with E-state index in [2.05, 4.69) is 0 Å². The van der Waals surface area contributed by atoms with Gasteiger partial charge in [-0.05, 0) is 42.7 Å². The quantitative estimate of drug-likeness (QED) is 0.536. The smallest absolute Gasteiger partial charge is 0.253 e. The first-order valence-corrected chi connectivity index (χ1v) is 10.8. The van der Waals surface area contributed by atoms with Crippen LogP contribution in [0.1, 0.15) is 40.7 Å². The summed E-state index contributed by atoms with van der Waals surface area (Å²) in [6.07, 6.45) is 1.06. The molecule has 0 radical (unpaired) electrons. The van der Waals surface area contributed by atoms with Gasteiger partial charge in [-0.25, -0.2) is 4.98 Å². The molecule has 0 atom stereocenters. The minimum absolute atomic E-state index is 0.0555. The summed E-state index contributed by atoms with van der Waals surface area (Å²) < 4.78 is 2.02. The molecular weight excluding hydrogens is 386 g/mol. The van der Waals surface area contributed by atoms with E-state index in [1.807, 2.05) is 95.3 Å². The van der Waals surface area contributed by atoms with Crippen molar-refractivity contribution in [2.75, 3.05) is 13.1 Å². The fraction of sp³-hybridized carbons (Fsp3) is 0.231. The number of amides is 1. The van der Waals surface area contributed by atoms with E-state index >= 15 is 0 Å². The molecule has 31 heavy (non-hydrogen) atoms. The summed E-state index contributed by atoms with van der Waals surface area (Å²) in [6, 6.07) is 24.9. The Morgan fingerprint density at radius 2 is 1.58 bits per heavy atom. The van der Waals surface area contributed by atoms with Crippen molar-refractivity contribution < 1.29 is 9.90 Å². The van der Waals surface area contributed by atoms with Gasteiger partial charge < -0.3 is 14.6 Å². The van der Waals surface area contributed by atoms with Gasteiger partial charge in [0, 0.05) is 25.2 Å². The number of nitrogens with zero attached hydrogens (tertiary/aromatic N) is 3. The number of fused-ring (bicyclic) bond motifs is 1. The van der Waals surface area contributed by atoms with E-state index in [-0.39, 0.29) is 5.91 Å². The molecule has 0 aliphatic carbocycles. The predicted molar refractivity (Wildman–Crippen MR) is 121 cm³/mol. The summed E-state index contributed by atoms with van der Waals surface area (Å²) in [5.74, 6) is 0.607. The predicted octanol–water partition coefficient (Wildman–Crippen LogP) is 4.19. The Labute approximate surface area is 181 Å². The highest BCUT2D eigenvalue weighted by Gasteiger charge is 2.38. The topological polar surface area (TPSA) is 58.4 Å². The number of aryl methyl sites for hydroxylation is 1. The van der Waals surface area contributed by atoms with Crippen molar-refractivity contribution in [3.63, 3.8) is 0 Å². The lowest BCUT2D eigenvalue weighted by Crippen LogP contribution is -2.42. The minimum Gasteiger partial charge on any atom is -0.373 e. The fourth-order valence-electron chi connectivity index (χ4n) is 4.34. The van der Waals surface area contributed by atoms with Gasteiger partial charge in [0.1, 0.15) is 0 Å². The second kappa shape index (κ2) is 7.67. The number of rotatable bonds is 5. The molecule has 5 rings (SSSR count). The van der Waals surface area contributed by atoms with Crippen LogP contribution in [0.4, 0.5) is 0 Å². The molecule has 1 aliphatic heterocycles. The highest BCUT2D eigenvalue weighted by molar-refractivity contribution is 5.98. The molecule has 3 aromatic carbocycles. The Balaban J connectivity index is 1.72. The van der Waals surface area contributed by atoms with Crippen LogP contribution in [0.2, 0.25) is 0 Å². The van der Waals surface area contributed by atoms with Gasteiger partial charge in [0.15, 0.2) is 11.4 Å². The van der Waals surface area contributed by atoms with Crippen molar-refractivity contribution in [3.05, 3.63) is 101 Å². The van der Waals surface area contributed by atoms with E-state index in [1.165, 1.54) is 0 Å². The lowest BCUT2D eigenvalue weighted by Gasteiger charge is -2.31. The van der Waals surface area contributed by atoms with Crippen LogP contribution in [0.15, 0.2) is 78.9 Å². The average Bonchev–Trinajstić information content (AvgIpc) is 3.16. The van der Waals surface area contributed by atoms with Crippen LogP contribution in [0.25, 0.3) is 11.0 Å². The lowest BCUT2D eigenvalue weighted by molar-refractivity contribution is 0.0652. The molecule has 1 amide bonds. The zero-order valence-electron chi connectivity index (χ0n) is 17.5. The standard InChI is InChI=1S/C26H25N3O2/c1-2-29-23-18-19(24(30)28-16-9-17-28)14-15-22(23)27-25(29)26(31,20-10-5-3-6-11-20)21-12-7-4-8-13-21/h3-8,10-15,18,31H,2,9,16-17H2,1H3. The molecular formula is C26H25N3O2. The maximum absolute atomic E-state index is 12.8. The third-order valence-electron chi connectivity index (χ3n) is 6.16. The van der Waals surface area contributed by atoms with Gasteiger partial charge in [0.25, 0.3) is 5.91 Å². The van der Waals surface area contributed by atoms with Crippen LogP contribution in [0, 0.1) is 0 Å². The molecule has 1 saturated heterocycles. The number of likely N-dealkylation sites (tertiary alicyclic amines) is 1. The van der Waals surface area contributed by atoms with E-state index in [0.29, 0.717) is 17.9 Å². The summed E-state index contributed by atoms with van der Waals surface area (Å²) in [4.78, 5) is 19.5. The van der Waals surface area contributed by atoms with Gasteiger partial charge in [-0.15, -0.1) is 0 Å². The minimum atomic E-state index is -1.42. The summed E-state index contributed by atoms with van der Waals surface area (Å²) >= 11 is 0. The van der Waals surface area contributed by atoms with Gasteiger partial charge in [-0.3, -0.25) is 4.79 Å². The average molecular weight is 412 g/mol. The molecule has 0 saturated carbocycles. The largest absolute Gasteiger partial charge is 0.373 e. The SMILES string of the molecule is CCn1c(C(O)(c2ccccc2)c2ccccc2)nc2ccc(C(=O)N3CCC3)cc21. The molecule has 2 heterocycles. The van der Waals surface area contributed by atoms with Crippen LogP contribution in [0.3, 0.4) is 0 Å². The van der Waals surface area contributed by atoms with Gasteiger partial charge in [0.2, 0.25) is 0 Å². The summed E-state index contributed by atoms with van der Waals surface area (Å²) in [5.41, 5.74) is 2.37. The van der Waals surface area contributed by atoms with E-state index < -0.39 is 5.60 Å². The first kappa shape index (κ1) is 19.5. The molecule has 1 N–H and O–H groups in total. The molecule has 5 heteroatoms. The Morgan fingerprint density at radius 1 is 0.968 bits per heavy atom. The zero-order valence-corrected chi connectivity index (χ0v) is 17.5. The number of imidazole rings is 1. The molecule has 0 unspecified atom stereocenters. The summed E-state index contributed by atoms with van der Waals surface area (Å²) in [7, 11) is 0. The Bertz CT molecular complexity index is 1190. The third-order valence-corrected chi connectivity index (χ3v) is 6.16. The van der Waals surface area contributed by atoms with E-state index in [1.54, 1.807) is 0 Å². The number of hydrogen-bond donors (Lipinski definition) is 1. The normalized spacial score (nSPS) is 13.9. The zero-order chi connectivity index (χ0) is 21.4. The molecule has 156 valence electrons. The maximum Gasteiger partial charge on any atom is 0.253 e. The van der Waals surface area contributed by atoms with Crippen LogP contribution in [0.5, 0.6) is 0 Å². The van der Waals surface area contributed by atoms with Gasteiger partial charge in [0.05, 0.1) is 11.0 Å². The monoisotopic (exact) mass is 411 g/mol. The number of benzene rings is 3. The van der Waals surface area contributed by atoms with Crippen molar-refractivity contribution in [2.24, 2.45) is 0 Å². The molecule has 4 aromatic rings. The number of carbonyl (C=O) groups excluding carboxylic acids is 1. The van der Waals surface area contributed by atoms with Crippen LogP contribution in [-0.4, -0.2) is 38.6 Å². The van der Waals surface area contributed by atoms with Crippen molar-refractivity contribution in [1.82, 2.24) is 14.5 Å². The second-order valence-corrected chi connectivity index (χ2v) is 7.97. The number of carbonyl (C=O) groups is 1. The molecule has 0 spiro atoms. The van der Waals surface area contributed by atoms with Gasteiger partial charge in [-0.1, -0.05) is 60.7 Å². The summed E-state index contributed by atoms with van der Waals surface area (Å²) in [5, 5.41) is 12.2. The molecule has 1 aliphatic rings. The Hall–Kier alpha value is -3.44. The van der Waals surface area contributed by atoms with E-state index in [4.69, 9.17) is 4.98 Å². The lowest BCUT2D eigenvalue weighted by atomic mass is 9.85.